The van der Waals surface area contributed by atoms with Crippen molar-refractivity contribution in [3.05, 3.63) is 46.6 Å². The Morgan fingerprint density at radius 1 is 1.09 bits per heavy atom. The predicted octanol–water partition coefficient (Wildman–Crippen LogP) is 5.30. The maximum Gasteiger partial charge on any atom is 0.156 e. The normalized spacial score (nSPS) is 39.7. The lowest BCUT2D eigenvalue weighted by molar-refractivity contribution is -0.114. The Morgan fingerprint density at radius 3 is 2.68 bits per heavy atom. The van der Waals surface area contributed by atoms with Crippen LogP contribution in [0, 0.1) is 16.7 Å². The van der Waals surface area contributed by atoms with Crippen molar-refractivity contribution < 1.29 is 4.79 Å². The lowest BCUT2D eigenvalue weighted by Crippen LogP contribution is -2.41. The second-order valence-corrected chi connectivity index (χ2v) is 8.08. The van der Waals surface area contributed by atoms with E-state index >= 15 is 0 Å². The Bertz CT molecular complexity index is 672. The predicted molar refractivity (Wildman–Crippen MR) is 90.4 cm³/mol. The number of ketones is 1. The van der Waals surface area contributed by atoms with Gasteiger partial charge in [0.25, 0.3) is 0 Å². The van der Waals surface area contributed by atoms with Gasteiger partial charge in [-0.15, -0.1) is 0 Å². The second-order valence-electron chi connectivity index (χ2n) is 8.08. The Kier molecular flexibility index (Phi) is 2.95. The van der Waals surface area contributed by atoms with E-state index in [-0.39, 0.29) is 11.2 Å². The third kappa shape index (κ3) is 1.68. The Labute approximate surface area is 133 Å². The number of fused-ring (bicyclic) bond motifs is 5. The molecule has 4 rings (SSSR count). The second kappa shape index (κ2) is 4.57. The standard InChI is InChI=1S/C21H26O/c1-14(22)17-9-10-18-16-8-7-15-6-4-5-12-20(15,2)19(16)11-13-21(17,18)3/h7-10,19H,4-6,11-13H2,1-3H3/t19-,20-,21+/m0/s1. The number of carbonyl (C=O) groups is 1. The number of rotatable bonds is 1. The van der Waals surface area contributed by atoms with Gasteiger partial charge in [-0.2, -0.15) is 0 Å². The van der Waals surface area contributed by atoms with Crippen LogP contribution in [0.2, 0.25) is 0 Å². The summed E-state index contributed by atoms with van der Waals surface area (Å²) in [5.41, 5.74) is 5.97. The quantitative estimate of drug-likeness (QED) is 0.641. The first kappa shape index (κ1) is 14.2. The van der Waals surface area contributed by atoms with E-state index in [0.717, 1.165) is 12.0 Å². The van der Waals surface area contributed by atoms with Crippen LogP contribution in [0.5, 0.6) is 0 Å². The van der Waals surface area contributed by atoms with E-state index in [1.807, 2.05) is 0 Å². The number of hydrogen-bond donors (Lipinski definition) is 0. The zero-order valence-electron chi connectivity index (χ0n) is 14.0. The van der Waals surface area contributed by atoms with Crippen LogP contribution in [0.1, 0.15) is 59.3 Å². The summed E-state index contributed by atoms with van der Waals surface area (Å²) in [5.74, 6) is 0.899. The van der Waals surface area contributed by atoms with E-state index in [1.54, 1.807) is 12.5 Å². The zero-order valence-corrected chi connectivity index (χ0v) is 14.0. The van der Waals surface area contributed by atoms with Crippen molar-refractivity contribution in [1.29, 1.82) is 0 Å². The maximum absolute atomic E-state index is 12.0. The highest BCUT2D eigenvalue weighted by Crippen LogP contribution is 2.61. The summed E-state index contributed by atoms with van der Waals surface area (Å²) in [7, 11) is 0. The Morgan fingerprint density at radius 2 is 1.91 bits per heavy atom. The molecule has 0 aromatic rings. The van der Waals surface area contributed by atoms with Crippen LogP contribution in [0.15, 0.2) is 46.6 Å². The summed E-state index contributed by atoms with van der Waals surface area (Å²) >= 11 is 0. The molecule has 4 aliphatic carbocycles. The van der Waals surface area contributed by atoms with E-state index in [0.29, 0.717) is 11.3 Å². The van der Waals surface area contributed by atoms with Gasteiger partial charge < -0.3 is 0 Å². The van der Waals surface area contributed by atoms with Crippen molar-refractivity contribution in [3.8, 4) is 0 Å². The molecule has 0 aromatic heterocycles. The molecule has 0 unspecified atom stereocenters. The first-order chi connectivity index (χ1) is 10.5. The average Bonchev–Trinajstić information content (AvgIpc) is 2.84. The van der Waals surface area contributed by atoms with Crippen LogP contribution in [0.3, 0.4) is 0 Å². The van der Waals surface area contributed by atoms with Gasteiger partial charge in [-0.1, -0.05) is 50.1 Å². The minimum absolute atomic E-state index is 0.0372. The molecule has 0 radical (unpaired) electrons. The first-order valence-corrected chi connectivity index (χ1v) is 8.82. The summed E-state index contributed by atoms with van der Waals surface area (Å²) in [6.45, 7) is 6.49. The number of hydrogen-bond acceptors (Lipinski definition) is 1. The molecule has 116 valence electrons. The summed E-state index contributed by atoms with van der Waals surface area (Å²) in [6.07, 6.45) is 16.8. The maximum atomic E-state index is 12.0. The number of allylic oxidation sites excluding steroid dienone is 8. The van der Waals surface area contributed by atoms with Gasteiger partial charge in [-0.25, -0.2) is 0 Å². The smallest absolute Gasteiger partial charge is 0.156 e. The van der Waals surface area contributed by atoms with Crippen LogP contribution in [0.25, 0.3) is 0 Å². The van der Waals surface area contributed by atoms with Crippen LogP contribution in [-0.4, -0.2) is 5.78 Å². The molecule has 0 N–H and O–H groups in total. The minimum Gasteiger partial charge on any atom is -0.295 e. The lowest BCUT2D eigenvalue weighted by atomic mass is 9.52. The number of carbonyl (C=O) groups excluding carboxylic acids is 1. The fourth-order valence-corrected chi connectivity index (χ4v) is 5.63. The van der Waals surface area contributed by atoms with Gasteiger partial charge in [0.15, 0.2) is 5.78 Å². The molecule has 0 aliphatic heterocycles. The lowest BCUT2D eigenvalue weighted by Gasteiger charge is -2.52. The topological polar surface area (TPSA) is 17.1 Å². The molecule has 0 aromatic carbocycles. The molecule has 0 heterocycles. The fraction of sp³-hybridized carbons (Fsp3) is 0.571. The molecule has 3 atom stereocenters. The van der Waals surface area contributed by atoms with Gasteiger partial charge in [0.05, 0.1) is 0 Å². The van der Waals surface area contributed by atoms with E-state index < -0.39 is 0 Å². The molecule has 4 aliphatic rings. The zero-order chi connectivity index (χ0) is 15.5. The molecular formula is C21H26O. The van der Waals surface area contributed by atoms with E-state index in [1.165, 1.54) is 43.3 Å². The van der Waals surface area contributed by atoms with Gasteiger partial charge in [0.2, 0.25) is 0 Å². The highest BCUT2D eigenvalue weighted by atomic mass is 16.1. The SMILES string of the molecule is CC(=O)C1=CC=C2C3=CC=C4CCCC[C@]4(C)[C@H]3CC[C@]12C. The van der Waals surface area contributed by atoms with Gasteiger partial charge in [0.1, 0.15) is 0 Å². The van der Waals surface area contributed by atoms with Gasteiger partial charge >= 0.3 is 0 Å². The monoisotopic (exact) mass is 294 g/mol. The molecule has 2 saturated carbocycles. The molecule has 2 fully saturated rings. The van der Waals surface area contributed by atoms with Gasteiger partial charge in [0, 0.05) is 11.0 Å². The Hall–Kier alpha value is -1.37. The van der Waals surface area contributed by atoms with Crippen molar-refractivity contribution in [2.45, 2.75) is 59.3 Å². The summed E-state index contributed by atoms with van der Waals surface area (Å²) in [4.78, 5) is 12.0. The molecule has 1 heteroatoms. The molecule has 0 amide bonds. The molecule has 1 nitrogen and oxygen atoms in total. The van der Waals surface area contributed by atoms with Crippen molar-refractivity contribution in [2.24, 2.45) is 16.7 Å². The average molecular weight is 294 g/mol. The largest absolute Gasteiger partial charge is 0.295 e. The highest BCUT2D eigenvalue weighted by Gasteiger charge is 2.51. The van der Waals surface area contributed by atoms with E-state index in [4.69, 9.17) is 0 Å². The van der Waals surface area contributed by atoms with Crippen molar-refractivity contribution >= 4 is 5.78 Å². The van der Waals surface area contributed by atoms with E-state index in [9.17, 15) is 4.79 Å². The van der Waals surface area contributed by atoms with Crippen molar-refractivity contribution in [2.75, 3.05) is 0 Å². The molecule has 0 spiro atoms. The third-order valence-corrected chi connectivity index (χ3v) is 6.96. The van der Waals surface area contributed by atoms with Crippen LogP contribution in [0.4, 0.5) is 0 Å². The van der Waals surface area contributed by atoms with Gasteiger partial charge in [-0.05, 0) is 61.5 Å². The first-order valence-electron chi connectivity index (χ1n) is 8.82. The minimum atomic E-state index is -0.0372. The van der Waals surface area contributed by atoms with Crippen molar-refractivity contribution in [1.82, 2.24) is 0 Å². The summed E-state index contributed by atoms with van der Waals surface area (Å²) in [6, 6.07) is 0. The van der Waals surface area contributed by atoms with Crippen LogP contribution >= 0.6 is 0 Å². The third-order valence-electron chi connectivity index (χ3n) is 6.96. The summed E-state index contributed by atoms with van der Waals surface area (Å²) in [5, 5.41) is 0. The summed E-state index contributed by atoms with van der Waals surface area (Å²) < 4.78 is 0. The Balaban J connectivity index is 1.78. The molecule has 0 saturated heterocycles. The highest BCUT2D eigenvalue weighted by molar-refractivity contribution is 5.97. The molecule has 22 heavy (non-hydrogen) atoms. The van der Waals surface area contributed by atoms with Crippen LogP contribution < -0.4 is 0 Å². The van der Waals surface area contributed by atoms with E-state index in [2.05, 4.69) is 38.2 Å². The molecule has 0 bridgehead atoms. The van der Waals surface area contributed by atoms with Crippen molar-refractivity contribution in [3.63, 3.8) is 0 Å². The van der Waals surface area contributed by atoms with Gasteiger partial charge in [-0.3, -0.25) is 4.79 Å². The van der Waals surface area contributed by atoms with Crippen LogP contribution in [-0.2, 0) is 4.79 Å². The molecular weight excluding hydrogens is 268 g/mol. The fourth-order valence-electron chi connectivity index (χ4n) is 5.63. The number of Topliss-reactive ketones (excluding diaryl/α,β-unsaturated/α-hetero) is 1.